The lowest BCUT2D eigenvalue weighted by Crippen LogP contribution is -2.44. The highest BCUT2D eigenvalue weighted by atomic mass is 16.1. The Bertz CT molecular complexity index is 1040. The average molecular weight is 377 g/mol. The number of carbonyl (C=O) groups is 1. The van der Waals surface area contributed by atoms with Gasteiger partial charge >= 0.3 is 0 Å². The van der Waals surface area contributed by atoms with Crippen molar-refractivity contribution in [3.8, 4) is 0 Å². The maximum absolute atomic E-state index is 12.8. The molecule has 0 bridgehead atoms. The molecule has 0 saturated heterocycles. The first-order chi connectivity index (χ1) is 13.4. The van der Waals surface area contributed by atoms with Crippen LogP contribution in [0.2, 0.25) is 0 Å². The first-order valence-corrected chi connectivity index (χ1v) is 9.84. The molecule has 1 aliphatic heterocycles. The van der Waals surface area contributed by atoms with Crippen molar-refractivity contribution < 1.29 is 4.79 Å². The number of amides is 1. The van der Waals surface area contributed by atoms with Crippen LogP contribution in [0.15, 0.2) is 30.3 Å². The average Bonchev–Trinajstić information content (AvgIpc) is 2.97. The van der Waals surface area contributed by atoms with Crippen molar-refractivity contribution in [2.24, 2.45) is 7.05 Å². The van der Waals surface area contributed by atoms with Gasteiger partial charge in [0.1, 0.15) is 0 Å². The summed E-state index contributed by atoms with van der Waals surface area (Å²) in [6.07, 6.45) is 1.06. The molecule has 4 rings (SSSR count). The highest BCUT2D eigenvalue weighted by molar-refractivity contribution is 5.98. The molecule has 1 aromatic carbocycles. The first kappa shape index (κ1) is 18.6. The van der Waals surface area contributed by atoms with Crippen LogP contribution in [-0.2, 0) is 20.0 Å². The summed E-state index contributed by atoms with van der Waals surface area (Å²) in [6.45, 7) is 8.57. The minimum absolute atomic E-state index is 0.0700. The van der Waals surface area contributed by atoms with E-state index in [1.807, 2.05) is 27.0 Å². The third-order valence-electron chi connectivity index (χ3n) is 5.78. The van der Waals surface area contributed by atoms with Crippen molar-refractivity contribution in [2.45, 2.75) is 39.8 Å². The van der Waals surface area contributed by atoms with Crippen molar-refractivity contribution in [1.29, 1.82) is 0 Å². The van der Waals surface area contributed by atoms with E-state index in [9.17, 15) is 4.79 Å². The fourth-order valence-corrected chi connectivity index (χ4v) is 4.02. The van der Waals surface area contributed by atoms with Gasteiger partial charge in [-0.3, -0.25) is 14.4 Å². The van der Waals surface area contributed by atoms with Gasteiger partial charge in [-0.25, -0.2) is 4.98 Å². The molecule has 1 atom stereocenters. The number of aryl methyl sites for hydroxylation is 3. The van der Waals surface area contributed by atoms with E-state index in [-0.39, 0.29) is 11.9 Å². The van der Waals surface area contributed by atoms with E-state index < -0.39 is 0 Å². The molecule has 28 heavy (non-hydrogen) atoms. The van der Waals surface area contributed by atoms with Crippen LogP contribution in [0.25, 0.3) is 11.0 Å². The lowest BCUT2D eigenvalue weighted by atomic mass is 9.99. The molecule has 3 aromatic rings. The molecule has 6 nitrogen and oxygen atoms in total. The summed E-state index contributed by atoms with van der Waals surface area (Å²) in [4.78, 5) is 19.8. The van der Waals surface area contributed by atoms with E-state index in [4.69, 9.17) is 0 Å². The third-order valence-corrected chi connectivity index (χ3v) is 5.78. The van der Waals surface area contributed by atoms with Gasteiger partial charge in [0.15, 0.2) is 5.65 Å². The van der Waals surface area contributed by atoms with Gasteiger partial charge in [0.25, 0.3) is 5.91 Å². The van der Waals surface area contributed by atoms with E-state index in [1.165, 1.54) is 11.1 Å². The number of hydrogen-bond acceptors (Lipinski definition) is 4. The molecule has 0 fully saturated rings. The lowest BCUT2D eigenvalue weighted by molar-refractivity contribution is 0.0931. The number of rotatable bonds is 4. The van der Waals surface area contributed by atoms with Crippen LogP contribution in [0.5, 0.6) is 0 Å². The Morgan fingerprint density at radius 3 is 2.75 bits per heavy atom. The molecule has 2 aromatic heterocycles. The Labute approximate surface area is 165 Å². The van der Waals surface area contributed by atoms with Crippen LogP contribution < -0.4 is 5.32 Å². The number of benzene rings is 1. The second kappa shape index (κ2) is 7.36. The molecular formula is C22H27N5O. The molecule has 0 spiro atoms. The lowest BCUT2D eigenvalue weighted by Gasteiger charge is -2.33. The smallest absolute Gasteiger partial charge is 0.253 e. The first-order valence-electron chi connectivity index (χ1n) is 9.84. The van der Waals surface area contributed by atoms with Gasteiger partial charge in [0.2, 0.25) is 0 Å². The number of pyridine rings is 1. The summed E-state index contributed by atoms with van der Waals surface area (Å²) < 4.78 is 1.76. The highest BCUT2D eigenvalue weighted by Crippen LogP contribution is 2.21. The summed E-state index contributed by atoms with van der Waals surface area (Å²) in [5, 5.41) is 8.43. The maximum atomic E-state index is 12.8. The predicted octanol–water partition coefficient (Wildman–Crippen LogP) is 2.76. The molecule has 1 amide bonds. The summed E-state index contributed by atoms with van der Waals surface area (Å²) in [7, 11) is 1.87. The van der Waals surface area contributed by atoms with Gasteiger partial charge in [-0.1, -0.05) is 24.3 Å². The molecule has 6 heteroatoms. The van der Waals surface area contributed by atoms with Crippen LogP contribution >= 0.6 is 0 Å². The van der Waals surface area contributed by atoms with E-state index in [0.717, 1.165) is 41.9 Å². The van der Waals surface area contributed by atoms with Gasteiger partial charge in [-0.2, -0.15) is 5.10 Å². The largest absolute Gasteiger partial charge is 0.350 e. The number of fused-ring (bicyclic) bond motifs is 2. The predicted molar refractivity (Wildman–Crippen MR) is 110 cm³/mol. The summed E-state index contributed by atoms with van der Waals surface area (Å²) >= 11 is 0. The zero-order chi connectivity index (χ0) is 19.8. The molecule has 1 unspecified atom stereocenters. The normalized spacial score (nSPS) is 15.4. The van der Waals surface area contributed by atoms with E-state index in [0.29, 0.717) is 12.1 Å². The van der Waals surface area contributed by atoms with Crippen molar-refractivity contribution in [1.82, 2.24) is 25.0 Å². The Hall–Kier alpha value is -2.73. The fraction of sp³-hybridized carbons (Fsp3) is 0.409. The second-order valence-electron chi connectivity index (χ2n) is 7.75. The van der Waals surface area contributed by atoms with E-state index >= 15 is 0 Å². The molecule has 0 radical (unpaired) electrons. The van der Waals surface area contributed by atoms with Crippen LogP contribution in [0, 0.1) is 13.8 Å². The topological polar surface area (TPSA) is 63.1 Å². The van der Waals surface area contributed by atoms with Gasteiger partial charge in [-0.15, -0.1) is 0 Å². The monoisotopic (exact) mass is 377 g/mol. The van der Waals surface area contributed by atoms with Crippen molar-refractivity contribution in [3.63, 3.8) is 0 Å². The number of nitrogens with one attached hydrogen (secondary N) is 1. The van der Waals surface area contributed by atoms with Crippen LogP contribution in [-0.4, -0.2) is 44.7 Å². The standard InChI is InChI=1S/C22H27N5O/c1-14(27-10-9-17-7-5-6-8-18(17)13-27)12-23-22(28)20-11-19-16(3)25-26(4)21(19)24-15(20)2/h5-8,11,14H,9-10,12-13H2,1-4H3,(H,23,28). The molecule has 0 saturated carbocycles. The second-order valence-corrected chi connectivity index (χ2v) is 7.75. The van der Waals surface area contributed by atoms with E-state index in [2.05, 4.69) is 51.5 Å². The van der Waals surface area contributed by atoms with Gasteiger partial charge < -0.3 is 5.32 Å². The molecule has 0 aliphatic carbocycles. The number of hydrogen-bond donors (Lipinski definition) is 1. The molecule has 3 heterocycles. The number of nitrogens with zero attached hydrogens (tertiary/aromatic N) is 4. The fourth-order valence-electron chi connectivity index (χ4n) is 4.02. The van der Waals surface area contributed by atoms with Gasteiger partial charge in [0, 0.05) is 38.1 Å². The van der Waals surface area contributed by atoms with Crippen LogP contribution in [0.3, 0.4) is 0 Å². The van der Waals surface area contributed by atoms with Crippen LogP contribution in [0.4, 0.5) is 0 Å². The SMILES string of the molecule is Cc1nc2c(cc1C(=O)NCC(C)N1CCc3ccccc3C1)c(C)nn2C. The quantitative estimate of drug-likeness (QED) is 0.759. The Morgan fingerprint density at radius 2 is 1.96 bits per heavy atom. The molecule has 1 N–H and O–H groups in total. The minimum Gasteiger partial charge on any atom is -0.350 e. The zero-order valence-corrected chi connectivity index (χ0v) is 17.0. The maximum Gasteiger partial charge on any atom is 0.253 e. The van der Waals surface area contributed by atoms with Crippen molar-refractivity contribution in [2.75, 3.05) is 13.1 Å². The minimum atomic E-state index is -0.0700. The third kappa shape index (κ3) is 3.40. The Kier molecular flexibility index (Phi) is 4.89. The van der Waals surface area contributed by atoms with Gasteiger partial charge in [-0.05, 0) is 44.4 Å². The van der Waals surface area contributed by atoms with Crippen LogP contribution in [0.1, 0.15) is 39.8 Å². The summed E-state index contributed by atoms with van der Waals surface area (Å²) in [6, 6.07) is 10.8. The Morgan fingerprint density at radius 1 is 1.21 bits per heavy atom. The molecule has 1 aliphatic rings. The number of aromatic nitrogens is 3. The number of carbonyl (C=O) groups excluding carboxylic acids is 1. The van der Waals surface area contributed by atoms with Crippen molar-refractivity contribution in [3.05, 3.63) is 58.4 Å². The summed E-state index contributed by atoms with van der Waals surface area (Å²) in [5.41, 5.74) is 5.89. The Balaban J connectivity index is 1.44. The summed E-state index contributed by atoms with van der Waals surface area (Å²) in [5.74, 6) is -0.0700. The zero-order valence-electron chi connectivity index (χ0n) is 17.0. The van der Waals surface area contributed by atoms with Gasteiger partial charge in [0.05, 0.1) is 17.0 Å². The molecule has 146 valence electrons. The van der Waals surface area contributed by atoms with E-state index in [1.54, 1.807) is 4.68 Å². The van der Waals surface area contributed by atoms with Crippen molar-refractivity contribution >= 4 is 16.9 Å². The molecular weight excluding hydrogens is 350 g/mol. The highest BCUT2D eigenvalue weighted by Gasteiger charge is 2.21.